The second kappa shape index (κ2) is 12.0. The third kappa shape index (κ3) is 6.66. The van der Waals surface area contributed by atoms with Gasteiger partial charge in [-0.2, -0.15) is 18.4 Å². The molecule has 1 aromatic carbocycles. The SMILES string of the molecule is CCN(C)CCn1c(C#N)cc2c(C)c(CN3CCC(Nc4nc(C)nc5sc(CC(F)(F)F)cc45)CC3)ccc21. The average Bonchev–Trinajstić information content (AvgIpc) is 3.49. The Bertz CT molecular complexity index is 1580. The highest BCUT2D eigenvalue weighted by Crippen LogP contribution is 2.34. The number of piperidine rings is 1. The van der Waals surface area contributed by atoms with E-state index < -0.39 is 12.6 Å². The van der Waals surface area contributed by atoms with Crippen LogP contribution in [0.1, 0.15) is 47.3 Å². The van der Waals surface area contributed by atoms with E-state index in [0.717, 1.165) is 74.3 Å². The first kappa shape index (κ1) is 29.3. The number of aryl methyl sites for hydroxylation is 2. The molecule has 1 fully saturated rings. The van der Waals surface area contributed by atoms with Gasteiger partial charge in [0.15, 0.2) is 0 Å². The van der Waals surface area contributed by atoms with Crippen LogP contribution in [0.4, 0.5) is 19.0 Å². The lowest BCUT2D eigenvalue weighted by atomic mass is 10.0. The van der Waals surface area contributed by atoms with Crippen molar-refractivity contribution in [1.29, 1.82) is 5.26 Å². The van der Waals surface area contributed by atoms with Gasteiger partial charge < -0.3 is 14.8 Å². The summed E-state index contributed by atoms with van der Waals surface area (Å²) in [6.45, 7) is 11.3. The van der Waals surface area contributed by atoms with Gasteiger partial charge in [-0.1, -0.05) is 13.0 Å². The van der Waals surface area contributed by atoms with Gasteiger partial charge in [0.05, 0.1) is 11.8 Å². The van der Waals surface area contributed by atoms with Crippen molar-refractivity contribution in [2.75, 3.05) is 38.5 Å². The highest BCUT2D eigenvalue weighted by Gasteiger charge is 2.29. The van der Waals surface area contributed by atoms with E-state index in [4.69, 9.17) is 0 Å². The van der Waals surface area contributed by atoms with Crippen LogP contribution >= 0.6 is 11.3 Å². The summed E-state index contributed by atoms with van der Waals surface area (Å²) in [5.74, 6) is 1.18. The zero-order valence-corrected chi connectivity index (χ0v) is 24.8. The van der Waals surface area contributed by atoms with Crippen LogP contribution in [0, 0.1) is 25.2 Å². The Labute approximate surface area is 242 Å². The number of rotatable bonds is 9. The molecule has 11 heteroatoms. The van der Waals surface area contributed by atoms with E-state index in [-0.39, 0.29) is 10.9 Å². The third-order valence-electron chi connectivity index (χ3n) is 8.08. The first-order valence-electron chi connectivity index (χ1n) is 14.1. The van der Waals surface area contributed by atoms with Crippen LogP contribution in [0.15, 0.2) is 24.3 Å². The number of halogens is 3. The number of thiophene rings is 1. The maximum absolute atomic E-state index is 13.0. The van der Waals surface area contributed by atoms with Crippen molar-refractivity contribution < 1.29 is 13.2 Å². The van der Waals surface area contributed by atoms with Crippen molar-refractivity contribution in [1.82, 2.24) is 24.3 Å². The molecule has 41 heavy (non-hydrogen) atoms. The van der Waals surface area contributed by atoms with Crippen molar-refractivity contribution in [3.63, 3.8) is 0 Å². The predicted octanol–water partition coefficient (Wildman–Crippen LogP) is 6.27. The lowest BCUT2D eigenvalue weighted by Crippen LogP contribution is -2.39. The molecule has 1 N–H and O–H groups in total. The maximum atomic E-state index is 13.0. The van der Waals surface area contributed by atoms with Crippen molar-refractivity contribution in [3.8, 4) is 6.07 Å². The molecule has 0 radical (unpaired) electrons. The molecular formula is C30H36F3N7S. The van der Waals surface area contributed by atoms with Crippen molar-refractivity contribution >= 4 is 38.3 Å². The second-order valence-corrected chi connectivity index (χ2v) is 12.1. The highest BCUT2D eigenvalue weighted by atomic mass is 32.1. The largest absolute Gasteiger partial charge is 0.393 e. The van der Waals surface area contributed by atoms with E-state index in [2.05, 4.69) is 68.7 Å². The molecule has 0 saturated carbocycles. The topological polar surface area (TPSA) is 73.0 Å². The van der Waals surface area contributed by atoms with Gasteiger partial charge in [-0.3, -0.25) is 4.90 Å². The van der Waals surface area contributed by atoms with E-state index in [1.165, 1.54) is 11.1 Å². The minimum absolute atomic E-state index is 0.187. The molecule has 1 aliphatic heterocycles. The summed E-state index contributed by atoms with van der Waals surface area (Å²) in [6.07, 6.45) is -3.38. The number of nitrogens with one attached hydrogen (secondary N) is 1. The van der Waals surface area contributed by atoms with Crippen LogP contribution in [-0.2, 0) is 19.5 Å². The van der Waals surface area contributed by atoms with Gasteiger partial charge in [0.25, 0.3) is 0 Å². The summed E-state index contributed by atoms with van der Waals surface area (Å²) in [5.41, 5.74) is 4.28. The number of likely N-dealkylation sites (tertiary alicyclic amines) is 1. The van der Waals surface area contributed by atoms with E-state index in [0.29, 0.717) is 27.6 Å². The van der Waals surface area contributed by atoms with Crippen LogP contribution in [0.3, 0.4) is 0 Å². The van der Waals surface area contributed by atoms with Crippen LogP contribution in [0.2, 0.25) is 0 Å². The fourth-order valence-corrected chi connectivity index (χ4v) is 6.70. The Hall–Kier alpha value is -3.20. The molecule has 1 aliphatic rings. The number of alkyl halides is 3. The summed E-state index contributed by atoms with van der Waals surface area (Å²) in [4.78, 5) is 14.4. The zero-order chi connectivity index (χ0) is 29.3. The Morgan fingerprint density at radius 2 is 1.90 bits per heavy atom. The smallest absolute Gasteiger partial charge is 0.367 e. The number of anilines is 1. The van der Waals surface area contributed by atoms with Crippen molar-refractivity contribution in [2.45, 2.75) is 65.3 Å². The van der Waals surface area contributed by atoms with Crippen molar-refractivity contribution in [3.05, 3.63) is 51.8 Å². The first-order chi connectivity index (χ1) is 19.5. The minimum atomic E-state index is -4.25. The molecule has 0 amide bonds. The number of nitriles is 1. The summed E-state index contributed by atoms with van der Waals surface area (Å²) in [5, 5.41) is 15.1. The number of benzene rings is 1. The molecule has 0 aliphatic carbocycles. The zero-order valence-electron chi connectivity index (χ0n) is 24.0. The number of likely N-dealkylation sites (N-methyl/N-ethyl adjacent to an activating group) is 1. The van der Waals surface area contributed by atoms with Crippen molar-refractivity contribution in [2.24, 2.45) is 0 Å². The van der Waals surface area contributed by atoms with E-state index in [9.17, 15) is 18.4 Å². The summed E-state index contributed by atoms with van der Waals surface area (Å²) in [7, 11) is 2.09. The number of nitrogens with zero attached hydrogens (tertiary/aromatic N) is 6. The van der Waals surface area contributed by atoms with Crippen LogP contribution in [0.5, 0.6) is 0 Å². The molecule has 4 heterocycles. The number of hydrogen-bond donors (Lipinski definition) is 1. The Morgan fingerprint density at radius 1 is 1.15 bits per heavy atom. The third-order valence-corrected chi connectivity index (χ3v) is 9.11. The van der Waals surface area contributed by atoms with Gasteiger partial charge in [0, 0.05) is 54.5 Å². The molecule has 7 nitrogen and oxygen atoms in total. The minimum Gasteiger partial charge on any atom is -0.367 e. The summed E-state index contributed by atoms with van der Waals surface area (Å²) >= 11 is 1.09. The Morgan fingerprint density at radius 3 is 2.59 bits per heavy atom. The predicted molar refractivity (Wildman–Crippen MR) is 158 cm³/mol. The molecule has 0 atom stereocenters. The molecule has 1 saturated heterocycles. The quantitative estimate of drug-likeness (QED) is 0.251. The number of aromatic nitrogens is 3. The second-order valence-electron chi connectivity index (χ2n) is 11.0. The standard InChI is InChI=1S/C30H36F3N7S/c1-5-38(4)12-13-40-23(17-34)14-25-19(2)21(6-7-27(25)40)18-39-10-8-22(9-11-39)37-28-26-15-24(16-30(31,32)33)41-29(26)36-20(3)35-28/h6-7,14-15,22H,5,8-13,16,18H2,1-4H3,(H,35,36,37). The fraction of sp³-hybridized carbons (Fsp3) is 0.500. The van der Waals surface area contributed by atoms with E-state index in [1.807, 2.05) is 6.07 Å². The number of fused-ring (bicyclic) bond motifs is 2. The van der Waals surface area contributed by atoms with Gasteiger partial charge in [0.1, 0.15) is 28.2 Å². The maximum Gasteiger partial charge on any atom is 0.393 e. The van der Waals surface area contributed by atoms with Crippen LogP contribution in [-0.4, -0.2) is 69.8 Å². The molecule has 4 aromatic rings. The first-order valence-corrected chi connectivity index (χ1v) is 14.9. The molecule has 0 unspecified atom stereocenters. The lowest BCUT2D eigenvalue weighted by Gasteiger charge is -2.33. The highest BCUT2D eigenvalue weighted by molar-refractivity contribution is 7.18. The molecule has 218 valence electrons. The van der Waals surface area contributed by atoms with Crippen LogP contribution in [0.25, 0.3) is 21.1 Å². The van der Waals surface area contributed by atoms with Gasteiger partial charge in [-0.15, -0.1) is 11.3 Å². The van der Waals surface area contributed by atoms with Gasteiger partial charge >= 0.3 is 6.18 Å². The molecular weight excluding hydrogens is 547 g/mol. The lowest BCUT2D eigenvalue weighted by molar-refractivity contribution is -0.126. The summed E-state index contributed by atoms with van der Waals surface area (Å²) < 4.78 is 41.0. The van der Waals surface area contributed by atoms with Gasteiger partial charge in [-0.25, -0.2) is 9.97 Å². The Kier molecular flexibility index (Phi) is 8.55. The van der Waals surface area contributed by atoms with E-state index >= 15 is 0 Å². The summed E-state index contributed by atoms with van der Waals surface area (Å²) in [6, 6.07) is 10.5. The van der Waals surface area contributed by atoms with Gasteiger partial charge in [-0.05, 0) is 69.6 Å². The average molecular weight is 584 g/mol. The van der Waals surface area contributed by atoms with Gasteiger partial charge in [0.2, 0.25) is 0 Å². The Balaban J connectivity index is 1.25. The molecule has 3 aromatic heterocycles. The monoisotopic (exact) mass is 583 g/mol. The molecule has 0 bridgehead atoms. The van der Waals surface area contributed by atoms with E-state index in [1.54, 1.807) is 13.0 Å². The fourth-order valence-electron chi connectivity index (χ4n) is 5.60. The molecule has 5 rings (SSSR count). The van der Waals surface area contributed by atoms with Crippen LogP contribution < -0.4 is 5.32 Å². The normalized spacial score (nSPS) is 15.3. The molecule has 0 spiro atoms. The number of hydrogen-bond acceptors (Lipinski definition) is 7.